The lowest BCUT2D eigenvalue weighted by molar-refractivity contribution is 0.0720. The molecule has 1 spiro atoms. The molecule has 0 aromatic carbocycles. The summed E-state index contributed by atoms with van der Waals surface area (Å²) in [4.78, 5) is 21.8. The minimum atomic E-state index is -0.00533. The van der Waals surface area contributed by atoms with E-state index in [2.05, 4.69) is 27.2 Å². The fraction of sp³-hybridized carbons (Fsp3) is 0.667. The summed E-state index contributed by atoms with van der Waals surface area (Å²) < 4.78 is 7.31. The van der Waals surface area contributed by atoms with E-state index in [9.17, 15) is 4.79 Å². The first-order valence-corrected chi connectivity index (χ1v) is 9.32. The monoisotopic (exact) mass is 358 g/mol. The summed E-state index contributed by atoms with van der Waals surface area (Å²) in [5.41, 5.74) is 0.520. The van der Waals surface area contributed by atoms with Crippen molar-refractivity contribution in [3.8, 4) is 0 Å². The molecule has 2 saturated heterocycles. The Morgan fingerprint density at radius 3 is 2.77 bits per heavy atom. The molecule has 4 heterocycles. The van der Waals surface area contributed by atoms with Gasteiger partial charge < -0.3 is 14.3 Å². The number of aromatic nitrogens is 4. The summed E-state index contributed by atoms with van der Waals surface area (Å²) in [6.07, 6.45) is 3.92. The topological polar surface area (TPSA) is 80.3 Å². The van der Waals surface area contributed by atoms with Crippen LogP contribution in [0.4, 0.5) is 0 Å². The highest BCUT2D eigenvalue weighted by atomic mass is 16.5. The molecule has 0 aliphatic carbocycles. The van der Waals surface area contributed by atoms with E-state index in [4.69, 9.17) is 4.52 Å². The lowest BCUT2D eigenvalue weighted by Crippen LogP contribution is -2.42. The average Bonchev–Trinajstić information content (AvgIpc) is 3.36. The van der Waals surface area contributed by atoms with Crippen molar-refractivity contribution in [3.63, 3.8) is 0 Å². The van der Waals surface area contributed by atoms with Crippen molar-refractivity contribution in [1.82, 2.24) is 29.7 Å². The SMILES string of the molecule is CCn1ccc(C(=O)N2C[C@@H](c3nc(C)no3)C3(CCN(C)CC3)C2)n1. The van der Waals surface area contributed by atoms with Crippen molar-refractivity contribution in [3.05, 3.63) is 29.7 Å². The minimum absolute atomic E-state index is 0.00533. The molecule has 2 aromatic heterocycles. The number of amides is 1. The van der Waals surface area contributed by atoms with E-state index in [1.54, 1.807) is 10.7 Å². The van der Waals surface area contributed by atoms with Crippen molar-refractivity contribution in [2.75, 3.05) is 33.2 Å². The molecule has 0 unspecified atom stereocenters. The summed E-state index contributed by atoms with van der Waals surface area (Å²) in [5.74, 6) is 1.40. The van der Waals surface area contributed by atoms with E-state index >= 15 is 0 Å². The van der Waals surface area contributed by atoms with Crippen LogP contribution in [0.5, 0.6) is 0 Å². The predicted octanol–water partition coefficient (Wildman–Crippen LogP) is 1.55. The van der Waals surface area contributed by atoms with Crippen LogP contribution < -0.4 is 0 Å². The fourth-order valence-electron chi connectivity index (χ4n) is 4.30. The Labute approximate surface area is 153 Å². The molecule has 2 aliphatic heterocycles. The molecule has 1 amide bonds. The number of piperidine rings is 1. The highest BCUT2D eigenvalue weighted by Gasteiger charge is 2.52. The lowest BCUT2D eigenvalue weighted by atomic mass is 9.71. The second-order valence-electron chi connectivity index (χ2n) is 7.64. The van der Waals surface area contributed by atoms with Crippen LogP contribution in [0.25, 0.3) is 0 Å². The summed E-state index contributed by atoms with van der Waals surface area (Å²) in [5, 5.41) is 8.37. The molecule has 1 atom stereocenters. The molecule has 0 radical (unpaired) electrons. The van der Waals surface area contributed by atoms with Gasteiger partial charge in [-0.1, -0.05) is 5.16 Å². The molecule has 0 bridgehead atoms. The van der Waals surface area contributed by atoms with E-state index in [1.807, 2.05) is 24.9 Å². The molecule has 8 nitrogen and oxygen atoms in total. The van der Waals surface area contributed by atoms with Crippen molar-refractivity contribution < 1.29 is 9.32 Å². The van der Waals surface area contributed by atoms with Gasteiger partial charge in [0.25, 0.3) is 5.91 Å². The quantitative estimate of drug-likeness (QED) is 0.828. The van der Waals surface area contributed by atoms with Crippen LogP contribution in [0, 0.1) is 12.3 Å². The fourth-order valence-corrected chi connectivity index (χ4v) is 4.30. The Balaban J connectivity index is 1.61. The standard InChI is InChI=1S/C18H26N6O2/c1-4-24-8-5-15(20-24)17(25)23-11-14(16-19-13(2)21-26-16)18(12-23)6-9-22(3)10-7-18/h5,8,14H,4,6-7,9-12H2,1-3H3/t14-/m0/s1. The van der Waals surface area contributed by atoms with E-state index in [0.29, 0.717) is 24.0 Å². The Bertz CT molecular complexity index is 789. The zero-order chi connectivity index (χ0) is 18.3. The maximum absolute atomic E-state index is 13.0. The van der Waals surface area contributed by atoms with Gasteiger partial charge >= 0.3 is 0 Å². The summed E-state index contributed by atoms with van der Waals surface area (Å²) in [6.45, 7) is 8.00. The molecule has 140 valence electrons. The highest BCUT2D eigenvalue weighted by molar-refractivity contribution is 5.92. The van der Waals surface area contributed by atoms with Gasteiger partial charge in [0.2, 0.25) is 5.89 Å². The van der Waals surface area contributed by atoms with Crippen molar-refractivity contribution in [2.45, 2.75) is 39.2 Å². The predicted molar refractivity (Wildman–Crippen MR) is 94.7 cm³/mol. The van der Waals surface area contributed by atoms with Gasteiger partial charge in [-0.15, -0.1) is 0 Å². The Morgan fingerprint density at radius 1 is 1.38 bits per heavy atom. The van der Waals surface area contributed by atoms with E-state index in [1.165, 1.54) is 0 Å². The van der Waals surface area contributed by atoms with Crippen LogP contribution >= 0.6 is 0 Å². The van der Waals surface area contributed by atoms with Gasteiger partial charge in [-0.3, -0.25) is 9.48 Å². The van der Waals surface area contributed by atoms with E-state index < -0.39 is 0 Å². The zero-order valence-electron chi connectivity index (χ0n) is 15.7. The van der Waals surface area contributed by atoms with Crippen LogP contribution in [-0.2, 0) is 6.54 Å². The number of hydrogen-bond acceptors (Lipinski definition) is 6. The van der Waals surface area contributed by atoms with Gasteiger partial charge in [0.1, 0.15) is 5.69 Å². The van der Waals surface area contributed by atoms with Crippen LogP contribution in [0.2, 0.25) is 0 Å². The summed E-state index contributed by atoms with van der Waals surface area (Å²) in [6, 6.07) is 1.80. The third-order valence-corrected chi connectivity index (χ3v) is 5.94. The first-order valence-electron chi connectivity index (χ1n) is 9.32. The van der Waals surface area contributed by atoms with Crippen molar-refractivity contribution in [1.29, 1.82) is 0 Å². The number of hydrogen-bond donors (Lipinski definition) is 0. The van der Waals surface area contributed by atoms with Crippen LogP contribution in [0.1, 0.15) is 47.9 Å². The van der Waals surface area contributed by atoms with Crippen molar-refractivity contribution >= 4 is 5.91 Å². The molecule has 0 saturated carbocycles. The second kappa shape index (κ2) is 6.50. The van der Waals surface area contributed by atoms with Gasteiger partial charge in [0.05, 0.1) is 5.92 Å². The third kappa shape index (κ3) is 2.92. The molecular weight excluding hydrogens is 332 g/mol. The van der Waals surface area contributed by atoms with Crippen LogP contribution in [-0.4, -0.2) is 68.9 Å². The third-order valence-electron chi connectivity index (χ3n) is 5.94. The smallest absolute Gasteiger partial charge is 0.274 e. The number of carbonyl (C=O) groups excluding carboxylic acids is 1. The average molecular weight is 358 g/mol. The molecular formula is C18H26N6O2. The number of carbonyl (C=O) groups is 1. The molecule has 0 N–H and O–H groups in total. The zero-order valence-corrected chi connectivity index (χ0v) is 15.7. The molecule has 2 fully saturated rings. The maximum Gasteiger partial charge on any atom is 0.274 e. The number of rotatable bonds is 3. The van der Waals surface area contributed by atoms with Crippen LogP contribution in [0.3, 0.4) is 0 Å². The van der Waals surface area contributed by atoms with Crippen LogP contribution in [0.15, 0.2) is 16.8 Å². The van der Waals surface area contributed by atoms with Crippen molar-refractivity contribution in [2.24, 2.45) is 5.41 Å². The van der Waals surface area contributed by atoms with E-state index in [0.717, 1.165) is 39.0 Å². The first kappa shape index (κ1) is 17.2. The van der Waals surface area contributed by atoms with Gasteiger partial charge in [-0.2, -0.15) is 10.1 Å². The second-order valence-corrected chi connectivity index (χ2v) is 7.64. The lowest BCUT2D eigenvalue weighted by Gasteiger charge is -2.40. The minimum Gasteiger partial charge on any atom is -0.339 e. The molecule has 26 heavy (non-hydrogen) atoms. The van der Waals surface area contributed by atoms with Gasteiger partial charge in [-0.05, 0) is 52.9 Å². The molecule has 2 aliphatic rings. The van der Waals surface area contributed by atoms with Gasteiger partial charge in [0.15, 0.2) is 5.82 Å². The Hall–Kier alpha value is -2.22. The molecule has 8 heteroatoms. The summed E-state index contributed by atoms with van der Waals surface area (Å²) >= 11 is 0. The normalized spacial score (nSPS) is 23.0. The largest absolute Gasteiger partial charge is 0.339 e. The van der Waals surface area contributed by atoms with Gasteiger partial charge in [0, 0.05) is 31.2 Å². The Kier molecular flexibility index (Phi) is 4.30. The number of nitrogens with zero attached hydrogens (tertiary/aromatic N) is 6. The Morgan fingerprint density at radius 2 is 2.15 bits per heavy atom. The first-order chi connectivity index (χ1) is 12.5. The molecule has 2 aromatic rings. The maximum atomic E-state index is 13.0. The van der Waals surface area contributed by atoms with E-state index in [-0.39, 0.29) is 17.2 Å². The number of likely N-dealkylation sites (tertiary alicyclic amines) is 2. The highest BCUT2D eigenvalue weighted by Crippen LogP contribution is 2.49. The molecule has 4 rings (SSSR count). The van der Waals surface area contributed by atoms with Gasteiger partial charge in [-0.25, -0.2) is 0 Å². The number of aryl methyl sites for hydroxylation is 2. The summed E-state index contributed by atoms with van der Waals surface area (Å²) in [7, 11) is 2.15.